The minimum atomic E-state index is -0.0403. The number of nitrogens with one attached hydrogen (secondary N) is 1. The van der Waals surface area contributed by atoms with Gasteiger partial charge in [0, 0.05) is 24.2 Å². The molecular formula is C19H30N2O2. The number of benzene rings is 1. The third-order valence-electron chi connectivity index (χ3n) is 4.86. The van der Waals surface area contributed by atoms with Crippen molar-refractivity contribution in [1.82, 2.24) is 10.2 Å². The highest BCUT2D eigenvalue weighted by Gasteiger charge is 2.30. The maximum absolute atomic E-state index is 12.4. The van der Waals surface area contributed by atoms with Gasteiger partial charge in [-0.25, -0.2) is 0 Å². The van der Waals surface area contributed by atoms with Crippen molar-refractivity contribution in [3.63, 3.8) is 0 Å². The smallest absolute Gasteiger partial charge is 0.251 e. The molecule has 1 amide bonds. The maximum Gasteiger partial charge on any atom is 0.251 e. The lowest BCUT2D eigenvalue weighted by Gasteiger charge is -2.43. The molecule has 1 aliphatic heterocycles. The van der Waals surface area contributed by atoms with Gasteiger partial charge in [0.2, 0.25) is 0 Å². The molecule has 0 saturated carbocycles. The summed E-state index contributed by atoms with van der Waals surface area (Å²) in [6.07, 6.45) is 2.55. The van der Waals surface area contributed by atoms with Crippen molar-refractivity contribution in [2.24, 2.45) is 5.92 Å². The van der Waals surface area contributed by atoms with Crippen LogP contribution in [-0.4, -0.2) is 43.1 Å². The molecule has 4 heteroatoms. The lowest BCUT2D eigenvalue weighted by atomic mass is 9.93. The lowest BCUT2D eigenvalue weighted by Crippen LogP contribution is -2.54. The van der Waals surface area contributed by atoms with Gasteiger partial charge in [0.15, 0.2) is 0 Å². The topological polar surface area (TPSA) is 41.6 Å². The maximum atomic E-state index is 12.4. The molecule has 0 aliphatic carbocycles. The SMILES string of the molecule is COc1cc(C(=O)NCC(C)(C)N2CCCC(C)C2)ccc1C. The van der Waals surface area contributed by atoms with Gasteiger partial charge in [-0.3, -0.25) is 9.69 Å². The molecule has 128 valence electrons. The molecule has 1 saturated heterocycles. The van der Waals surface area contributed by atoms with E-state index in [1.807, 2.05) is 19.1 Å². The van der Waals surface area contributed by atoms with Gasteiger partial charge in [-0.1, -0.05) is 13.0 Å². The van der Waals surface area contributed by atoms with Gasteiger partial charge in [0.25, 0.3) is 5.91 Å². The van der Waals surface area contributed by atoms with E-state index in [1.165, 1.54) is 12.8 Å². The zero-order chi connectivity index (χ0) is 17.0. The molecule has 1 aromatic carbocycles. The van der Waals surface area contributed by atoms with Crippen molar-refractivity contribution in [2.45, 2.75) is 46.1 Å². The first-order chi connectivity index (χ1) is 10.8. The van der Waals surface area contributed by atoms with E-state index < -0.39 is 0 Å². The van der Waals surface area contributed by atoms with Crippen LogP contribution in [0.4, 0.5) is 0 Å². The quantitative estimate of drug-likeness (QED) is 0.906. The Labute approximate surface area is 140 Å². The van der Waals surface area contributed by atoms with Crippen molar-refractivity contribution in [2.75, 3.05) is 26.7 Å². The molecule has 0 aromatic heterocycles. The second-order valence-electron chi connectivity index (χ2n) is 7.37. The van der Waals surface area contributed by atoms with Crippen molar-refractivity contribution >= 4 is 5.91 Å². The zero-order valence-electron chi connectivity index (χ0n) is 15.1. The van der Waals surface area contributed by atoms with Crippen LogP contribution in [0.3, 0.4) is 0 Å². The fourth-order valence-corrected chi connectivity index (χ4v) is 3.21. The van der Waals surface area contributed by atoms with Crippen molar-refractivity contribution < 1.29 is 9.53 Å². The van der Waals surface area contributed by atoms with Gasteiger partial charge in [-0.2, -0.15) is 0 Å². The highest BCUT2D eigenvalue weighted by Crippen LogP contribution is 2.24. The molecule has 1 fully saturated rings. The first-order valence-corrected chi connectivity index (χ1v) is 8.51. The second kappa shape index (κ2) is 7.35. The molecule has 1 N–H and O–H groups in total. The minimum Gasteiger partial charge on any atom is -0.496 e. The van der Waals surface area contributed by atoms with Gasteiger partial charge in [-0.15, -0.1) is 0 Å². The number of rotatable bonds is 5. The number of ether oxygens (including phenoxy) is 1. The summed E-state index contributed by atoms with van der Waals surface area (Å²) >= 11 is 0. The van der Waals surface area contributed by atoms with Crippen molar-refractivity contribution in [3.05, 3.63) is 29.3 Å². The average Bonchev–Trinajstić information content (AvgIpc) is 2.53. The van der Waals surface area contributed by atoms with E-state index in [-0.39, 0.29) is 11.4 Å². The molecule has 1 aromatic rings. The van der Waals surface area contributed by atoms with Gasteiger partial charge < -0.3 is 10.1 Å². The normalized spacial score (nSPS) is 19.4. The molecule has 0 spiro atoms. The third kappa shape index (κ3) is 4.47. The fraction of sp³-hybridized carbons (Fsp3) is 0.632. The van der Waals surface area contributed by atoms with Crippen LogP contribution in [0.15, 0.2) is 18.2 Å². The number of methoxy groups -OCH3 is 1. The van der Waals surface area contributed by atoms with Crippen LogP contribution in [0.1, 0.15) is 49.5 Å². The number of nitrogens with zero attached hydrogens (tertiary/aromatic N) is 1. The van der Waals surface area contributed by atoms with E-state index in [4.69, 9.17) is 4.74 Å². The molecule has 4 nitrogen and oxygen atoms in total. The molecule has 23 heavy (non-hydrogen) atoms. The molecule has 0 bridgehead atoms. The van der Waals surface area contributed by atoms with Gasteiger partial charge in [0.05, 0.1) is 7.11 Å². The monoisotopic (exact) mass is 318 g/mol. The highest BCUT2D eigenvalue weighted by molar-refractivity contribution is 5.94. The Balaban J connectivity index is 1.97. The number of carbonyl (C=O) groups is 1. The first-order valence-electron chi connectivity index (χ1n) is 8.51. The summed E-state index contributed by atoms with van der Waals surface area (Å²) in [4.78, 5) is 14.9. The van der Waals surface area contributed by atoms with Crippen LogP contribution in [0, 0.1) is 12.8 Å². The summed E-state index contributed by atoms with van der Waals surface area (Å²) in [5.41, 5.74) is 1.65. The number of aryl methyl sites for hydroxylation is 1. The molecule has 0 radical (unpaired) electrons. The molecular weight excluding hydrogens is 288 g/mol. The van der Waals surface area contributed by atoms with Crippen molar-refractivity contribution in [3.8, 4) is 5.75 Å². The Bertz CT molecular complexity index is 554. The average molecular weight is 318 g/mol. The van der Waals surface area contributed by atoms with Crippen LogP contribution >= 0.6 is 0 Å². The predicted octanol–water partition coefficient (Wildman–Crippen LogP) is 3.24. The fourth-order valence-electron chi connectivity index (χ4n) is 3.21. The minimum absolute atomic E-state index is 0.0286. The van der Waals surface area contributed by atoms with Gasteiger partial charge in [0.1, 0.15) is 5.75 Å². The van der Waals surface area contributed by atoms with E-state index in [0.717, 1.165) is 30.3 Å². The number of piperidine rings is 1. The number of hydrogen-bond donors (Lipinski definition) is 1. The first kappa shape index (κ1) is 17.8. The van der Waals surface area contributed by atoms with Gasteiger partial charge >= 0.3 is 0 Å². The molecule has 1 aliphatic rings. The summed E-state index contributed by atoms with van der Waals surface area (Å²) in [5, 5.41) is 3.09. The summed E-state index contributed by atoms with van der Waals surface area (Å²) in [7, 11) is 1.63. The lowest BCUT2D eigenvalue weighted by molar-refractivity contribution is 0.0657. The van der Waals surface area contributed by atoms with Crippen molar-refractivity contribution in [1.29, 1.82) is 0 Å². The summed E-state index contributed by atoms with van der Waals surface area (Å²) < 4.78 is 5.30. The Hall–Kier alpha value is -1.55. The highest BCUT2D eigenvalue weighted by atomic mass is 16.5. The second-order valence-corrected chi connectivity index (χ2v) is 7.37. The number of amides is 1. The Morgan fingerprint density at radius 3 is 2.83 bits per heavy atom. The standard InChI is InChI=1S/C19H30N2O2/c1-14-7-6-10-21(12-14)19(3,4)13-20-18(22)16-9-8-15(2)17(11-16)23-5/h8-9,11,14H,6-7,10,12-13H2,1-5H3,(H,20,22). The van der Waals surface area contributed by atoms with E-state index >= 15 is 0 Å². The van der Waals surface area contributed by atoms with Crippen LogP contribution in [0.2, 0.25) is 0 Å². The number of carbonyl (C=O) groups excluding carboxylic acids is 1. The van der Waals surface area contributed by atoms with E-state index in [9.17, 15) is 4.79 Å². The Morgan fingerprint density at radius 1 is 1.43 bits per heavy atom. The summed E-state index contributed by atoms with van der Waals surface area (Å²) in [6.45, 7) is 11.6. The molecule has 1 atom stereocenters. The summed E-state index contributed by atoms with van der Waals surface area (Å²) in [6, 6.07) is 5.58. The Morgan fingerprint density at radius 2 is 2.17 bits per heavy atom. The zero-order valence-corrected chi connectivity index (χ0v) is 15.1. The van der Waals surface area contributed by atoms with Crippen LogP contribution in [-0.2, 0) is 0 Å². The van der Waals surface area contributed by atoms with Crippen LogP contribution in [0.5, 0.6) is 5.75 Å². The van der Waals surface area contributed by atoms with Gasteiger partial charge in [-0.05, 0) is 63.8 Å². The predicted molar refractivity (Wildman–Crippen MR) is 94.1 cm³/mol. The number of hydrogen-bond acceptors (Lipinski definition) is 3. The summed E-state index contributed by atoms with van der Waals surface area (Å²) in [5.74, 6) is 1.45. The third-order valence-corrected chi connectivity index (χ3v) is 4.86. The van der Waals surface area contributed by atoms with E-state index in [2.05, 4.69) is 31.0 Å². The van der Waals surface area contributed by atoms with E-state index in [0.29, 0.717) is 12.1 Å². The van der Waals surface area contributed by atoms with E-state index in [1.54, 1.807) is 13.2 Å². The molecule has 1 unspecified atom stereocenters. The largest absolute Gasteiger partial charge is 0.496 e. The number of likely N-dealkylation sites (tertiary alicyclic amines) is 1. The van der Waals surface area contributed by atoms with Crippen LogP contribution in [0.25, 0.3) is 0 Å². The Kier molecular flexibility index (Phi) is 5.69. The van der Waals surface area contributed by atoms with Crippen LogP contribution < -0.4 is 10.1 Å². The molecule has 2 rings (SSSR count). The molecule has 1 heterocycles.